The number of aliphatic carboxylic acids is 1. The van der Waals surface area contributed by atoms with Crippen LogP contribution < -0.4 is 15.8 Å². The summed E-state index contributed by atoms with van der Waals surface area (Å²) in [6, 6.07) is 3.05. The maximum absolute atomic E-state index is 12.7. The van der Waals surface area contributed by atoms with E-state index in [1.807, 2.05) is 0 Å². The van der Waals surface area contributed by atoms with E-state index in [1.165, 1.54) is 19.2 Å². The van der Waals surface area contributed by atoms with Gasteiger partial charge < -0.3 is 25.4 Å². The van der Waals surface area contributed by atoms with Crippen molar-refractivity contribution in [3.05, 3.63) is 22.7 Å². The largest absolute Gasteiger partial charge is 0.496 e. The zero-order chi connectivity index (χ0) is 20.0. The molecule has 1 heterocycles. The lowest BCUT2D eigenvalue weighted by Crippen LogP contribution is -2.58. The average molecular weight is 399 g/mol. The fourth-order valence-corrected chi connectivity index (χ4v) is 3.84. The standard InChI is InChI=1S/C19H28ClN3O4/c1-3-4-7-23(12-18(24)25)8-5-13(6-9-23)22-19(26)14-10-15(20)16(21)11-17(14)27-2/h10-11,13H,3-9,12H2,1-2H3,(H3-,21,22,24,25,26)/p+1. The number of carbonyl (C=O) groups is 2. The van der Waals surface area contributed by atoms with Gasteiger partial charge in [-0.05, 0) is 12.5 Å². The third-order valence-corrected chi connectivity index (χ3v) is 5.59. The van der Waals surface area contributed by atoms with Gasteiger partial charge in [0.05, 0.1) is 43.0 Å². The second-order valence-corrected chi connectivity index (χ2v) is 7.65. The van der Waals surface area contributed by atoms with Crippen LogP contribution in [0, 0.1) is 0 Å². The molecule has 2 rings (SSSR count). The van der Waals surface area contributed by atoms with Gasteiger partial charge in [0, 0.05) is 24.9 Å². The minimum absolute atomic E-state index is 0.000191. The van der Waals surface area contributed by atoms with Gasteiger partial charge in [-0.3, -0.25) is 4.79 Å². The highest BCUT2D eigenvalue weighted by molar-refractivity contribution is 6.33. The molecule has 8 heteroatoms. The maximum Gasteiger partial charge on any atom is 0.359 e. The average Bonchev–Trinajstić information content (AvgIpc) is 2.63. The Kier molecular flexibility index (Phi) is 7.33. The summed E-state index contributed by atoms with van der Waals surface area (Å²) in [7, 11) is 1.48. The van der Waals surface area contributed by atoms with Gasteiger partial charge in [0.25, 0.3) is 5.91 Å². The minimum atomic E-state index is -0.769. The third kappa shape index (κ3) is 5.49. The number of carbonyl (C=O) groups excluding carboxylic acids is 1. The number of halogens is 1. The van der Waals surface area contributed by atoms with Gasteiger partial charge in [0.2, 0.25) is 0 Å². The molecule has 0 bridgehead atoms. The van der Waals surface area contributed by atoms with Crippen molar-refractivity contribution in [3.63, 3.8) is 0 Å². The Morgan fingerprint density at radius 3 is 2.59 bits per heavy atom. The quantitative estimate of drug-likeness (QED) is 0.461. The number of ether oxygens (including phenoxy) is 1. The number of hydrogen-bond acceptors (Lipinski definition) is 4. The number of anilines is 1. The Balaban J connectivity index is 2.03. The van der Waals surface area contributed by atoms with Gasteiger partial charge in [-0.15, -0.1) is 0 Å². The number of rotatable bonds is 8. The van der Waals surface area contributed by atoms with E-state index in [9.17, 15) is 14.7 Å². The lowest BCUT2D eigenvalue weighted by molar-refractivity contribution is -0.926. The number of amides is 1. The van der Waals surface area contributed by atoms with E-state index in [1.54, 1.807) is 0 Å². The summed E-state index contributed by atoms with van der Waals surface area (Å²) in [5.41, 5.74) is 6.47. The first-order valence-corrected chi connectivity index (χ1v) is 9.69. The summed E-state index contributed by atoms with van der Waals surface area (Å²) in [6.07, 6.45) is 3.53. The van der Waals surface area contributed by atoms with Gasteiger partial charge >= 0.3 is 5.97 Å². The van der Waals surface area contributed by atoms with Crippen molar-refractivity contribution in [2.45, 2.75) is 38.6 Å². The summed E-state index contributed by atoms with van der Waals surface area (Å²) < 4.78 is 5.83. The highest BCUT2D eigenvalue weighted by Gasteiger charge is 2.36. The molecule has 0 saturated carbocycles. The number of carboxylic acids is 1. The molecule has 0 aliphatic carbocycles. The molecule has 0 radical (unpaired) electrons. The molecule has 0 spiro atoms. The molecular weight excluding hydrogens is 370 g/mol. The van der Waals surface area contributed by atoms with Crippen LogP contribution in [0.15, 0.2) is 12.1 Å². The Bertz CT molecular complexity index is 688. The van der Waals surface area contributed by atoms with Crippen LogP contribution >= 0.6 is 11.6 Å². The van der Waals surface area contributed by atoms with Crippen molar-refractivity contribution in [1.29, 1.82) is 0 Å². The second kappa shape index (κ2) is 9.28. The van der Waals surface area contributed by atoms with Crippen molar-refractivity contribution in [3.8, 4) is 5.75 Å². The van der Waals surface area contributed by atoms with Crippen LogP contribution in [0.4, 0.5) is 5.69 Å². The zero-order valence-electron chi connectivity index (χ0n) is 16.0. The summed E-state index contributed by atoms with van der Waals surface area (Å²) in [5.74, 6) is -0.649. The maximum atomic E-state index is 12.7. The van der Waals surface area contributed by atoms with Crippen molar-refractivity contribution in [2.24, 2.45) is 0 Å². The summed E-state index contributed by atoms with van der Waals surface area (Å²) in [4.78, 5) is 24.0. The van der Waals surface area contributed by atoms with Crippen LogP contribution in [-0.4, -0.2) is 60.8 Å². The zero-order valence-corrected chi connectivity index (χ0v) is 16.7. The first kappa shape index (κ1) is 21.3. The van der Waals surface area contributed by atoms with Crippen molar-refractivity contribution in [1.82, 2.24) is 5.32 Å². The molecule has 27 heavy (non-hydrogen) atoms. The lowest BCUT2D eigenvalue weighted by atomic mass is 10.0. The fraction of sp³-hybridized carbons (Fsp3) is 0.579. The molecule has 0 aromatic heterocycles. The van der Waals surface area contributed by atoms with Crippen LogP contribution in [0.5, 0.6) is 5.75 Å². The van der Waals surface area contributed by atoms with E-state index in [-0.39, 0.29) is 18.5 Å². The third-order valence-electron chi connectivity index (χ3n) is 5.26. The van der Waals surface area contributed by atoms with Crippen LogP contribution in [0.25, 0.3) is 0 Å². The number of quaternary nitrogens is 1. The van der Waals surface area contributed by atoms with Crippen molar-refractivity contribution in [2.75, 3.05) is 39.0 Å². The first-order chi connectivity index (χ1) is 12.8. The number of piperidine rings is 1. The molecule has 1 aliphatic rings. The Morgan fingerprint density at radius 2 is 2.04 bits per heavy atom. The molecule has 7 nitrogen and oxygen atoms in total. The summed E-state index contributed by atoms with van der Waals surface area (Å²) >= 11 is 6.05. The number of likely N-dealkylation sites (tertiary alicyclic amines) is 1. The fourth-order valence-electron chi connectivity index (χ4n) is 3.68. The number of nitrogens with zero attached hydrogens (tertiary/aromatic N) is 1. The van der Waals surface area contributed by atoms with E-state index < -0.39 is 5.97 Å². The second-order valence-electron chi connectivity index (χ2n) is 7.24. The van der Waals surface area contributed by atoms with Crippen LogP contribution in [0.2, 0.25) is 5.02 Å². The van der Waals surface area contributed by atoms with Crippen LogP contribution in [-0.2, 0) is 4.79 Å². The Morgan fingerprint density at radius 1 is 1.37 bits per heavy atom. The molecule has 1 aromatic rings. The SMILES string of the molecule is CCCC[N+]1(CC(=O)O)CCC(NC(=O)c2cc(Cl)c(N)cc2OC)CC1. The van der Waals surface area contributed by atoms with Gasteiger partial charge in [0.1, 0.15) is 5.75 Å². The Labute approximate surface area is 165 Å². The summed E-state index contributed by atoms with van der Waals surface area (Å²) in [5, 5.41) is 12.6. The molecule has 0 atom stereocenters. The Hall–Kier alpha value is -1.99. The minimum Gasteiger partial charge on any atom is -0.496 e. The van der Waals surface area contributed by atoms with E-state index in [0.717, 1.165) is 45.3 Å². The van der Waals surface area contributed by atoms with Gasteiger partial charge in [0.15, 0.2) is 6.54 Å². The molecule has 150 valence electrons. The highest BCUT2D eigenvalue weighted by Crippen LogP contribution is 2.29. The number of nitrogens with one attached hydrogen (secondary N) is 1. The number of hydrogen-bond donors (Lipinski definition) is 3. The molecule has 1 saturated heterocycles. The van der Waals surface area contributed by atoms with E-state index >= 15 is 0 Å². The molecule has 1 aliphatic heterocycles. The molecule has 1 aromatic carbocycles. The van der Waals surface area contributed by atoms with E-state index in [0.29, 0.717) is 26.5 Å². The number of benzene rings is 1. The number of carboxylic acid groups (broad SMARTS) is 1. The van der Waals surface area contributed by atoms with E-state index in [4.69, 9.17) is 22.1 Å². The van der Waals surface area contributed by atoms with Crippen LogP contribution in [0.1, 0.15) is 43.0 Å². The number of nitrogen functional groups attached to an aromatic ring is 1. The number of methoxy groups -OCH3 is 1. The number of nitrogens with two attached hydrogens (primary N) is 1. The van der Waals surface area contributed by atoms with Crippen LogP contribution in [0.3, 0.4) is 0 Å². The van der Waals surface area contributed by atoms with Gasteiger partial charge in [-0.25, -0.2) is 4.79 Å². The summed E-state index contributed by atoms with van der Waals surface area (Å²) in [6.45, 7) is 4.61. The number of unbranched alkanes of at least 4 members (excludes halogenated alkanes) is 1. The van der Waals surface area contributed by atoms with Crippen molar-refractivity contribution >= 4 is 29.2 Å². The first-order valence-electron chi connectivity index (χ1n) is 9.31. The lowest BCUT2D eigenvalue weighted by Gasteiger charge is -2.42. The highest BCUT2D eigenvalue weighted by atomic mass is 35.5. The topological polar surface area (TPSA) is 102 Å². The molecule has 1 fully saturated rings. The molecule has 0 unspecified atom stereocenters. The monoisotopic (exact) mass is 398 g/mol. The predicted molar refractivity (Wildman–Crippen MR) is 105 cm³/mol. The molecule has 1 amide bonds. The van der Waals surface area contributed by atoms with Gasteiger partial charge in [-0.2, -0.15) is 0 Å². The van der Waals surface area contributed by atoms with Crippen molar-refractivity contribution < 1.29 is 23.9 Å². The molecule has 4 N–H and O–H groups in total. The van der Waals surface area contributed by atoms with E-state index in [2.05, 4.69) is 12.2 Å². The normalized spacial score (nSPS) is 22.3. The molecular formula is C19H29ClN3O4+. The smallest absolute Gasteiger partial charge is 0.359 e. The predicted octanol–water partition coefficient (Wildman–Crippen LogP) is 2.52. The van der Waals surface area contributed by atoms with Gasteiger partial charge in [-0.1, -0.05) is 24.9 Å².